The molecule has 1 saturated carbocycles. The first-order valence-corrected chi connectivity index (χ1v) is 11.7. The number of H-pyrrole nitrogens is 1. The number of fused-ring (bicyclic) bond motifs is 1. The monoisotopic (exact) mass is 482 g/mol. The van der Waals surface area contributed by atoms with E-state index in [4.69, 9.17) is 11.6 Å². The Hall–Kier alpha value is -3.23. The molecular weight excluding hydrogens is 463 g/mol. The maximum atomic E-state index is 13.2. The van der Waals surface area contributed by atoms with Crippen molar-refractivity contribution in [2.24, 2.45) is 0 Å². The van der Waals surface area contributed by atoms with Crippen LogP contribution in [0.4, 0.5) is 15.1 Å². The average Bonchev–Trinajstić information content (AvgIpc) is 3.29. The third kappa shape index (κ3) is 4.36. The van der Waals surface area contributed by atoms with E-state index in [0.29, 0.717) is 21.5 Å². The fraction of sp³-hybridized carbons (Fsp3) is 0.208. The number of imidazole rings is 1. The van der Waals surface area contributed by atoms with Gasteiger partial charge in [-0.15, -0.1) is 11.3 Å². The van der Waals surface area contributed by atoms with Crippen molar-refractivity contribution in [3.8, 4) is 0 Å². The van der Waals surface area contributed by atoms with Gasteiger partial charge in [0.05, 0.1) is 31.5 Å². The number of aromatic nitrogens is 2. The molecule has 2 amide bonds. The van der Waals surface area contributed by atoms with Gasteiger partial charge in [-0.25, -0.2) is 9.37 Å². The molecule has 0 radical (unpaired) electrons. The molecule has 9 heteroatoms. The number of hydrogen-bond donors (Lipinski definition) is 3. The van der Waals surface area contributed by atoms with Gasteiger partial charge in [-0.1, -0.05) is 18.0 Å². The normalized spacial score (nSPS) is 13.7. The molecule has 0 spiro atoms. The van der Waals surface area contributed by atoms with E-state index in [1.54, 1.807) is 13.0 Å². The van der Waals surface area contributed by atoms with Gasteiger partial charge in [0.15, 0.2) is 0 Å². The summed E-state index contributed by atoms with van der Waals surface area (Å²) in [6.07, 6.45) is 3.56. The molecule has 1 aliphatic carbocycles. The fourth-order valence-corrected chi connectivity index (χ4v) is 5.01. The lowest BCUT2D eigenvalue weighted by molar-refractivity contribution is 0.102. The van der Waals surface area contributed by atoms with E-state index in [2.05, 4.69) is 20.6 Å². The lowest BCUT2D eigenvalue weighted by atomic mass is 9.85. The summed E-state index contributed by atoms with van der Waals surface area (Å²) in [5.41, 5.74) is 3.32. The highest BCUT2D eigenvalue weighted by atomic mass is 35.5. The number of halogens is 2. The van der Waals surface area contributed by atoms with Crippen LogP contribution < -0.4 is 10.6 Å². The molecule has 4 aromatic rings. The fourth-order valence-electron chi connectivity index (χ4n) is 3.79. The lowest BCUT2D eigenvalue weighted by Crippen LogP contribution is -2.12. The van der Waals surface area contributed by atoms with E-state index in [0.717, 1.165) is 52.7 Å². The third-order valence-electron chi connectivity index (χ3n) is 5.79. The van der Waals surface area contributed by atoms with Crippen LogP contribution in [0.5, 0.6) is 0 Å². The summed E-state index contributed by atoms with van der Waals surface area (Å²) in [7, 11) is 0. The minimum Gasteiger partial charge on any atom is -0.342 e. The lowest BCUT2D eigenvalue weighted by Gasteiger charge is -2.22. The van der Waals surface area contributed by atoms with Gasteiger partial charge in [0.2, 0.25) is 0 Å². The molecule has 0 aliphatic heterocycles. The number of nitrogens with zero attached hydrogens (tertiary/aromatic N) is 1. The van der Waals surface area contributed by atoms with Crippen molar-refractivity contribution in [1.29, 1.82) is 0 Å². The minimum absolute atomic E-state index is 0.0217. The van der Waals surface area contributed by atoms with Crippen LogP contribution in [0, 0.1) is 12.7 Å². The number of anilines is 2. The standard InChI is InChI=1S/C24H20ClFN4O2S/c1-12-9-20(30-23(31)16-7-5-14(26)10-17(16)25)33-21(12)24(32)27-15-6-8-18-19(11-15)29-22(28-18)13-3-2-4-13/h5-11,13H,2-4H2,1H3,(H,27,32)(H,28,29)(H,30,31). The van der Waals surface area contributed by atoms with Crippen LogP contribution in [0.25, 0.3) is 11.0 Å². The molecule has 0 atom stereocenters. The number of carbonyl (C=O) groups is 2. The highest BCUT2D eigenvalue weighted by molar-refractivity contribution is 7.18. The number of amides is 2. The number of rotatable bonds is 5. The highest BCUT2D eigenvalue weighted by Crippen LogP contribution is 2.36. The Labute approximate surface area is 198 Å². The number of aromatic amines is 1. The summed E-state index contributed by atoms with van der Waals surface area (Å²) in [4.78, 5) is 33.9. The zero-order chi connectivity index (χ0) is 23.1. The number of hydrogen-bond acceptors (Lipinski definition) is 4. The molecule has 1 aliphatic rings. The van der Waals surface area contributed by atoms with Crippen molar-refractivity contribution < 1.29 is 14.0 Å². The number of benzene rings is 2. The molecule has 2 heterocycles. The van der Waals surface area contributed by atoms with Gasteiger partial charge in [0.1, 0.15) is 11.6 Å². The van der Waals surface area contributed by atoms with Crippen molar-refractivity contribution >= 4 is 56.5 Å². The predicted molar refractivity (Wildman–Crippen MR) is 129 cm³/mol. The zero-order valence-corrected chi connectivity index (χ0v) is 19.2. The van der Waals surface area contributed by atoms with Crippen molar-refractivity contribution in [3.63, 3.8) is 0 Å². The second kappa shape index (κ2) is 8.61. The van der Waals surface area contributed by atoms with Crippen LogP contribution in [0.3, 0.4) is 0 Å². The minimum atomic E-state index is -0.518. The van der Waals surface area contributed by atoms with Crippen LogP contribution in [0.1, 0.15) is 56.6 Å². The summed E-state index contributed by atoms with van der Waals surface area (Å²) in [5.74, 6) is 0.254. The van der Waals surface area contributed by atoms with Crippen molar-refractivity contribution in [3.05, 3.63) is 75.1 Å². The number of nitrogens with one attached hydrogen (secondary N) is 3. The van der Waals surface area contributed by atoms with E-state index in [1.807, 2.05) is 18.2 Å². The van der Waals surface area contributed by atoms with Gasteiger partial charge in [-0.2, -0.15) is 0 Å². The first-order valence-electron chi connectivity index (χ1n) is 10.6. The van der Waals surface area contributed by atoms with Crippen molar-refractivity contribution in [2.45, 2.75) is 32.1 Å². The predicted octanol–water partition coefficient (Wildman–Crippen LogP) is 6.50. The van der Waals surface area contributed by atoms with E-state index in [1.165, 1.54) is 18.6 Å². The summed E-state index contributed by atoms with van der Waals surface area (Å²) in [6, 6.07) is 10.9. The van der Waals surface area contributed by atoms with Crippen LogP contribution in [-0.2, 0) is 0 Å². The Morgan fingerprint density at radius 2 is 1.94 bits per heavy atom. The first-order chi connectivity index (χ1) is 15.9. The van der Waals surface area contributed by atoms with Gasteiger partial charge in [0, 0.05) is 11.6 Å². The third-order valence-corrected chi connectivity index (χ3v) is 7.25. The number of aryl methyl sites for hydroxylation is 1. The Morgan fingerprint density at radius 3 is 2.67 bits per heavy atom. The maximum Gasteiger partial charge on any atom is 0.266 e. The largest absolute Gasteiger partial charge is 0.342 e. The van der Waals surface area contributed by atoms with Crippen LogP contribution in [0.2, 0.25) is 5.02 Å². The van der Waals surface area contributed by atoms with Crippen LogP contribution in [-0.4, -0.2) is 21.8 Å². The SMILES string of the molecule is Cc1cc(NC(=O)c2ccc(F)cc2Cl)sc1C(=O)Nc1ccc2nc(C3CCC3)[nH]c2c1. The Balaban J connectivity index is 1.30. The zero-order valence-electron chi connectivity index (χ0n) is 17.7. The molecule has 5 rings (SSSR count). The van der Waals surface area contributed by atoms with Crippen molar-refractivity contribution in [2.75, 3.05) is 10.6 Å². The Kier molecular flexibility index (Phi) is 5.64. The molecule has 0 unspecified atom stereocenters. The van der Waals surface area contributed by atoms with Gasteiger partial charge in [-0.05, 0) is 67.8 Å². The average molecular weight is 483 g/mol. The van der Waals surface area contributed by atoms with Crippen LogP contribution in [0.15, 0.2) is 42.5 Å². The second-order valence-electron chi connectivity index (χ2n) is 8.14. The summed E-state index contributed by atoms with van der Waals surface area (Å²) >= 11 is 7.13. The maximum absolute atomic E-state index is 13.2. The number of carbonyl (C=O) groups excluding carboxylic acids is 2. The summed E-state index contributed by atoms with van der Waals surface area (Å²) < 4.78 is 13.2. The molecule has 1 fully saturated rings. The van der Waals surface area contributed by atoms with Gasteiger partial charge in [0.25, 0.3) is 11.8 Å². The summed E-state index contributed by atoms with van der Waals surface area (Å²) in [5, 5.41) is 6.17. The quantitative estimate of drug-likeness (QED) is 0.303. The van der Waals surface area contributed by atoms with Crippen molar-refractivity contribution in [1.82, 2.24) is 9.97 Å². The van der Waals surface area contributed by atoms with Gasteiger partial charge >= 0.3 is 0 Å². The van der Waals surface area contributed by atoms with Gasteiger partial charge in [-0.3, -0.25) is 9.59 Å². The van der Waals surface area contributed by atoms with Gasteiger partial charge < -0.3 is 15.6 Å². The Bertz CT molecular complexity index is 1390. The molecule has 6 nitrogen and oxygen atoms in total. The molecule has 33 heavy (non-hydrogen) atoms. The molecule has 2 aromatic carbocycles. The second-order valence-corrected chi connectivity index (χ2v) is 9.60. The highest BCUT2D eigenvalue weighted by Gasteiger charge is 2.23. The molecular formula is C24H20ClFN4O2S. The van der Waals surface area contributed by atoms with E-state index in [9.17, 15) is 14.0 Å². The smallest absolute Gasteiger partial charge is 0.266 e. The molecule has 2 aromatic heterocycles. The van der Waals surface area contributed by atoms with E-state index >= 15 is 0 Å². The molecule has 0 bridgehead atoms. The molecule has 3 N–H and O–H groups in total. The number of thiophene rings is 1. The molecule has 168 valence electrons. The van der Waals surface area contributed by atoms with E-state index < -0.39 is 11.7 Å². The molecule has 0 saturated heterocycles. The van der Waals surface area contributed by atoms with Crippen LogP contribution >= 0.6 is 22.9 Å². The topological polar surface area (TPSA) is 86.9 Å². The summed E-state index contributed by atoms with van der Waals surface area (Å²) in [6.45, 7) is 1.80. The van der Waals surface area contributed by atoms with E-state index in [-0.39, 0.29) is 16.5 Å². The Morgan fingerprint density at radius 1 is 1.12 bits per heavy atom. The first kappa shape index (κ1) is 21.6.